The summed E-state index contributed by atoms with van der Waals surface area (Å²) in [5.41, 5.74) is 7.19. The van der Waals surface area contributed by atoms with Crippen molar-refractivity contribution in [2.45, 2.75) is 25.6 Å². The number of hydrogen-bond donors (Lipinski definition) is 1. The number of hydrogen-bond acceptors (Lipinski definition) is 6. The third kappa shape index (κ3) is 3.30. The topological polar surface area (TPSA) is 77.8 Å². The average molecular weight is 264 g/mol. The maximum atomic E-state index is 5.52. The van der Waals surface area contributed by atoms with Crippen LogP contribution in [0.4, 0.5) is 0 Å². The quantitative estimate of drug-likeness (QED) is 0.806. The fourth-order valence-corrected chi connectivity index (χ4v) is 2.13. The number of pyridine rings is 1. The molecule has 0 atom stereocenters. The standard InChI is InChI=1S/C12H16N4OS/c1-2-5-18-8-11-15-12(17-16-11)10-4-3-9(6-13)7-14-10/h3-4,7H,2,5-6,8,13H2,1H3. The molecule has 0 bridgehead atoms. The highest BCUT2D eigenvalue weighted by molar-refractivity contribution is 7.98. The van der Waals surface area contributed by atoms with Gasteiger partial charge in [0.05, 0.1) is 5.75 Å². The van der Waals surface area contributed by atoms with Crippen LogP contribution in [0.5, 0.6) is 0 Å². The van der Waals surface area contributed by atoms with Crippen LogP contribution in [0.15, 0.2) is 22.9 Å². The third-order valence-electron chi connectivity index (χ3n) is 2.33. The number of aromatic nitrogens is 3. The van der Waals surface area contributed by atoms with Gasteiger partial charge in [-0.2, -0.15) is 16.7 Å². The zero-order chi connectivity index (χ0) is 12.8. The average Bonchev–Trinajstić information content (AvgIpc) is 2.88. The smallest absolute Gasteiger partial charge is 0.276 e. The zero-order valence-electron chi connectivity index (χ0n) is 10.3. The van der Waals surface area contributed by atoms with Crippen molar-refractivity contribution in [3.8, 4) is 11.6 Å². The summed E-state index contributed by atoms with van der Waals surface area (Å²) in [5.74, 6) is 3.06. The van der Waals surface area contributed by atoms with Crippen LogP contribution >= 0.6 is 11.8 Å². The van der Waals surface area contributed by atoms with Gasteiger partial charge in [-0.1, -0.05) is 18.1 Å². The van der Waals surface area contributed by atoms with E-state index in [0.717, 1.165) is 23.5 Å². The Hall–Kier alpha value is -1.40. The Balaban J connectivity index is 2.04. The summed E-state index contributed by atoms with van der Waals surface area (Å²) in [7, 11) is 0. The molecule has 0 unspecified atom stereocenters. The van der Waals surface area contributed by atoms with Crippen LogP contribution in [0.3, 0.4) is 0 Å². The van der Waals surface area contributed by atoms with Crippen molar-refractivity contribution in [1.29, 1.82) is 0 Å². The van der Waals surface area contributed by atoms with Gasteiger partial charge in [0.15, 0.2) is 5.82 Å². The molecule has 0 spiro atoms. The second-order valence-corrected chi connectivity index (χ2v) is 4.93. The second-order valence-electron chi connectivity index (χ2n) is 3.82. The van der Waals surface area contributed by atoms with Gasteiger partial charge in [0.2, 0.25) is 0 Å². The predicted molar refractivity (Wildman–Crippen MR) is 71.9 cm³/mol. The molecule has 0 fully saturated rings. The number of thioether (sulfide) groups is 1. The van der Waals surface area contributed by atoms with Gasteiger partial charge in [0.1, 0.15) is 5.69 Å². The normalized spacial score (nSPS) is 10.8. The Bertz CT molecular complexity index is 483. The fourth-order valence-electron chi connectivity index (χ4n) is 1.40. The van der Waals surface area contributed by atoms with Gasteiger partial charge >= 0.3 is 0 Å². The minimum atomic E-state index is 0.464. The van der Waals surface area contributed by atoms with Gasteiger partial charge in [0, 0.05) is 12.7 Å². The van der Waals surface area contributed by atoms with E-state index in [1.807, 2.05) is 12.1 Å². The van der Waals surface area contributed by atoms with E-state index in [1.54, 1.807) is 18.0 Å². The number of rotatable bonds is 6. The van der Waals surface area contributed by atoms with Gasteiger partial charge in [-0.3, -0.25) is 4.98 Å². The SMILES string of the molecule is CCCSCc1noc(-c2ccc(CN)cn2)n1. The first-order chi connectivity index (χ1) is 8.83. The van der Waals surface area contributed by atoms with Crippen LogP contribution in [-0.2, 0) is 12.3 Å². The molecule has 0 aliphatic rings. The molecule has 0 saturated carbocycles. The number of nitrogens with zero attached hydrogens (tertiary/aromatic N) is 3. The molecular weight excluding hydrogens is 248 g/mol. The lowest BCUT2D eigenvalue weighted by atomic mass is 10.2. The van der Waals surface area contributed by atoms with Crippen LogP contribution in [0, 0.1) is 0 Å². The highest BCUT2D eigenvalue weighted by Gasteiger charge is 2.09. The molecule has 0 radical (unpaired) electrons. The van der Waals surface area contributed by atoms with Gasteiger partial charge in [-0.25, -0.2) is 0 Å². The molecule has 6 heteroatoms. The Labute approximate surface area is 110 Å². The minimum absolute atomic E-state index is 0.464. The first kappa shape index (κ1) is 13.0. The second kappa shape index (κ2) is 6.51. The highest BCUT2D eigenvalue weighted by atomic mass is 32.2. The molecular formula is C12H16N4OS. The van der Waals surface area contributed by atoms with Crippen LogP contribution < -0.4 is 5.73 Å². The Morgan fingerprint density at radius 2 is 2.28 bits per heavy atom. The molecule has 0 aromatic carbocycles. The number of nitrogens with two attached hydrogens (primary N) is 1. The van der Waals surface area contributed by atoms with Crippen molar-refractivity contribution in [3.05, 3.63) is 29.7 Å². The zero-order valence-corrected chi connectivity index (χ0v) is 11.1. The summed E-state index contributed by atoms with van der Waals surface area (Å²) in [4.78, 5) is 8.56. The molecule has 0 amide bonds. The molecule has 2 rings (SSSR count). The van der Waals surface area contributed by atoms with Gasteiger partial charge < -0.3 is 10.3 Å². The van der Waals surface area contributed by atoms with Crippen molar-refractivity contribution >= 4 is 11.8 Å². The third-order valence-corrected chi connectivity index (χ3v) is 3.49. The summed E-state index contributed by atoms with van der Waals surface area (Å²) in [6, 6.07) is 3.76. The van der Waals surface area contributed by atoms with E-state index in [4.69, 9.17) is 10.3 Å². The minimum Gasteiger partial charge on any atom is -0.332 e. The molecule has 0 saturated heterocycles. The largest absolute Gasteiger partial charge is 0.332 e. The summed E-state index contributed by atoms with van der Waals surface area (Å²) in [6.45, 7) is 2.63. The molecule has 18 heavy (non-hydrogen) atoms. The highest BCUT2D eigenvalue weighted by Crippen LogP contribution is 2.17. The van der Waals surface area contributed by atoms with Crippen LogP contribution in [0.25, 0.3) is 11.6 Å². The van der Waals surface area contributed by atoms with Crippen molar-refractivity contribution in [2.24, 2.45) is 5.73 Å². The summed E-state index contributed by atoms with van der Waals surface area (Å²) >= 11 is 1.80. The first-order valence-electron chi connectivity index (χ1n) is 5.89. The van der Waals surface area contributed by atoms with Crippen LogP contribution in [0.2, 0.25) is 0 Å². The maximum absolute atomic E-state index is 5.52. The van der Waals surface area contributed by atoms with E-state index in [-0.39, 0.29) is 0 Å². The molecule has 0 aliphatic carbocycles. The molecule has 2 heterocycles. The van der Waals surface area contributed by atoms with E-state index >= 15 is 0 Å². The monoisotopic (exact) mass is 264 g/mol. The lowest BCUT2D eigenvalue weighted by molar-refractivity contribution is 0.424. The molecule has 5 nitrogen and oxygen atoms in total. The van der Waals surface area contributed by atoms with E-state index in [9.17, 15) is 0 Å². The van der Waals surface area contributed by atoms with E-state index < -0.39 is 0 Å². The molecule has 2 aromatic heterocycles. The van der Waals surface area contributed by atoms with E-state index in [2.05, 4.69) is 22.0 Å². The van der Waals surface area contributed by atoms with Crippen molar-refractivity contribution in [2.75, 3.05) is 5.75 Å². The first-order valence-corrected chi connectivity index (χ1v) is 7.04. The Kier molecular flexibility index (Phi) is 4.72. The predicted octanol–water partition coefficient (Wildman–Crippen LogP) is 2.23. The van der Waals surface area contributed by atoms with E-state index in [1.165, 1.54) is 0 Å². The van der Waals surface area contributed by atoms with Crippen molar-refractivity contribution in [1.82, 2.24) is 15.1 Å². The molecule has 2 aromatic rings. The summed E-state index contributed by atoms with van der Waals surface area (Å²) in [5, 5.41) is 3.94. The molecule has 0 aliphatic heterocycles. The van der Waals surface area contributed by atoms with Crippen LogP contribution in [-0.4, -0.2) is 20.9 Å². The Morgan fingerprint density at radius 1 is 1.39 bits per heavy atom. The van der Waals surface area contributed by atoms with Gasteiger partial charge in [-0.15, -0.1) is 0 Å². The van der Waals surface area contributed by atoms with Crippen molar-refractivity contribution in [3.63, 3.8) is 0 Å². The van der Waals surface area contributed by atoms with Crippen LogP contribution in [0.1, 0.15) is 24.7 Å². The lowest BCUT2D eigenvalue weighted by Crippen LogP contribution is -1.96. The summed E-state index contributed by atoms with van der Waals surface area (Å²) < 4.78 is 5.19. The van der Waals surface area contributed by atoms with Gasteiger partial charge in [0.25, 0.3) is 5.89 Å². The molecule has 96 valence electrons. The van der Waals surface area contributed by atoms with E-state index in [0.29, 0.717) is 24.0 Å². The molecule has 2 N–H and O–H groups in total. The Morgan fingerprint density at radius 3 is 2.94 bits per heavy atom. The summed E-state index contributed by atoms with van der Waals surface area (Å²) in [6.07, 6.45) is 2.88. The lowest BCUT2D eigenvalue weighted by Gasteiger charge is -1.96. The maximum Gasteiger partial charge on any atom is 0.276 e. The van der Waals surface area contributed by atoms with Crippen molar-refractivity contribution < 1.29 is 4.52 Å². The van der Waals surface area contributed by atoms with Gasteiger partial charge in [-0.05, 0) is 23.8 Å². The fraction of sp³-hybridized carbons (Fsp3) is 0.417.